The van der Waals surface area contributed by atoms with Crippen LogP contribution in [0.25, 0.3) is 0 Å². The van der Waals surface area contributed by atoms with Crippen molar-refractivity contribution in [3.63, 3.8) is 0 Å². The predicted molar refractivity (Wildman–Crippen MR) is 64.2 cm³/mol. The Kier molecular flexibility index (Phi) is 3.90. The van der Waals surface area contributed by atoms with Crippen molar-refractivity contribution in [1.29, 1.82) is 0 Å². The van der Waals surface area contributed by atoms with Crippen LogP contribution in [0.4, 0.5) is 4.79 Å². The van der Waals surface area contributed by atoms with Gasteiger partial charge in [0.25, 0.3) is 0 Å². The van der Waals surface area contributed by atoms with Crippen LogP contribution < -0.4 is 0 Å². The molecule has 1 fully saturated rings. The van der Waals surface area contributed by atoms with Crippen molar-refractivity contribution < 1.29 is 24.5 Å². The van der Waals surface area contributed by atoms with Crippen LogP contribution in [0.2, 0.25) is 0 Å². The van der Waals surface area contributed by atoms with Crippen molar-refractivity contribution in [2.45, 2.75) is 45.8 Å². The Labute approximate surface area is 107 Å². The maximum absolute atomic E-state index is 11.9. The summed E-state index contributed by atoms with van der Waals surface area (Å²) in [7, 11) is 0. The molecule has 104 valence electrons. The zero-order valence-electron chi connectivity index (χ0n) is 11.3. The molecule has 1 amide bonds. The first-order chi connectivity index (χ1) is 8.06. The highest BCUT2D eigenvalue weighted by Crippen LogP contribution is 2.31. The van der Waals surface area contributed by atoms with Gasteiger partial charge in [0.05, 0.1) is 6.10 Å². The molecule has 1 heterocycles. The van der Waals surface area contributed by atoms with Crippen LogP contribution >= 0.6 is 0 Å². The minimum Gasteiger partial charge on any atom is -0.481 e. The monoisotopic (exact) mass is 259 g/mol. The lowest BCUT2D eigenvalue weighted by Crippen LogP contribution is -2.56. The van der Waals surface area contributed by atoms with E-state index in [1.807, 2.05) is 0 Å². The fourth-order valence-corrected chi connectivity index (χ4v) is 1.87. The highest BCUT2D eigenvalue weighted by atomic mass is 16.6. The Balaban J connectivity index is 2.77. The minimum absolute atomic E-state index is 0.0432. The number of ether oxygens (including phenoxy) is 1. The molecule has 2 atom stereocenters. The van der Waals surface area contributed by atoms with Gasteiger partial charge in [-0.25, -0.2) is 4.79 Å². The van der Waals surface area contributed by atoms with Crippen LogP contribution in [-0.2, 0) is 9.53 Å². The van der Waals surface area contributed by atoms with Gasteiger partial charge in [-0.15, -0.1) is 0 Å². The lowest BCUT2D eigenvalue weighted by atomic mass is 9.79. The Bertz CT molecular complexity index is 349. The zero-order chi connectivity index (χ0) is 14.1. The van der Waals surface area contributed by atoms with E-state index in [9.17, 15) is 14.7 Å². The van der Waals surface area contributed by atoms with Crippen molar-refractivity contribution in [1.82, 2.24) is 4.90 Å². The van der Waals surface area contributed by atoms with Crippen molar-refractivity contribution in [2.24, 2.45) is 5.41 Å². The molecule has 1 rings (SSSR count). The van der Waals surface area contributed by atoms with Crippen LogP contribution in [0.3, 0.4) is 0 Å². The van der Waals surface area contributed by atoms with Crippen LogP contribution in [0.1, 0.15) is 34.1 Å². The molecule has 0 unspecified atom stereocenters. The second kappa shape index (κ2) is 4.76. The number of carboxylic acid groups (broad SMARTS) is 1. The minimum atomic E-state index is -1.34. The summed E-state index contributed by atoms with van der Waals surface area (Å²) in [6.07, 6.45) is -1.25. The third-order valence-electron chi connectivity index (χ3n) is 3.07. The number of rotatable bonds is 1. The topological polar surface area (TPSA) is 87.1 Å². The number of hydrogen-bond donors (Lipinski definition) is 2. The number of likely N-dealkylation sites (tertiary alicyclic amines) is 1. The number of piperidine rings is 1. The second-order valence-corrected chi connectivity index (χ2v) is 5.93. The van der Waals surface area contributed by atoms with Crippen LogP contribution in [0.15, 0.2) is 0 Å². The molecule has 1 aliphatic rings. The molecule has 1 saturated heterocycles. The molecule has 0 aliphatic carbocycles. The summed E-state index contributed by atoms with van der Waals surface area (Å²) in [6.45, 7) is 6.95. The first-order valence-corrected chi connectivity index (χ1v) is 5.95. The summed E-state index contributed by atoms with van der Waals surface area (Å²) < 4.78 is 5.20. The number of carbonyl (C=O) groups is 2. The molecule has 0 aromatic carbocycles. The van der Waals surface area contributed by atoms with Gasteiger partial charge in [-0.1, -0.05) is 0 Å². The van der Waals surface area contributed by atoms with E-state index in [0.717, 1.165) is 0 Å². The number of aliphatic hydroxyl groups is 1. The lowest BCUT2D eigenvalue weighted by molar-refractivity contribution is -0.160. The van der Waals surface area contributed by atoms with Crippen LogP contribution in [0.5, 0.6) is 0 Å². The third-order valence-corrected chi connectivity index (χ3v) is 3.07. The van der Waals surface area contributed by atoms with E-state index < -0.39 is 29.2 Å². The first kappa shape index (κ1) is 14.8. The van der Waals surface area contributed by atoms with Gasteiger partial charge >= 0.3 is 12.1 Å². The Hall–Kier alpha value is -1.30. The van der Waals surface area contributed by atoms with Crippen LogP contribution in [0, 0.1) is 5.41 Å². The standard InChI is InChI=1S/C12H21NO5/c1-11(2,3)18-10(17)13-6-5-8(14)12(4,7-13)9(15)16/h8,14H,5-7H2,1-4H3,(H,15,16)/t8-,12+/m0/s1. The normalized spacial score (nSPS) is 28.9. The maximum atomic E-state index is 11.9. The van der Waals surface area contributed by atoms with Crippen molar-refractivity contribution in [3.05, 3.63) is 0 Å². The predicted octanol–water partition coefficient (Wildman–Crippen LogP) is 1.08. The Morgan fingerprint density at radius 2 is 1.94 bits per heavy atom. The average molecular weight is 259 g/mol. The first-order valence-electron chi connectivity index (χ1n) is 5.95. The Morgan fingerprint density at radius 3 is 2.39 bits per heavy atom. The Morgan fingerprint density at radius 1 is 1.39 bits per heavy atom. The van der Waals surface area contributed by atoms with Gasteiger partial charge < -0.3 is 19.8 Å². The fourth-order valence-electron chi connectivity index (χ4n) is 1.87. The zero-order valence-corrected chi connectivity index (χ0v) is 11.3. The highest BCUT2D eigenvalue weighted by molar-refractivity contribution is 5.77. The van der Waals surface area contributed by atoms with E-state index in [1.54, 1.807) is 20.8 Å². The van der Waals surface area contributed by atoms with E-state index in [-0.39, 0.29) is 13.0 Å². The fraction of sp³-hybridized carbons (Fsp3) is 0.833. The summed E-state index contributed by atoms with van der Waals surface area (Å²) >= 11 is 0. The van der Waals surface area contributed by atoms with Gasteiger partial charge in [-0.2, -0.15) is 0 Å². The number of aliphatic carboxylic acids is 1. The molecule has 1 aliphatic heterocycles. The highest BCUT2D eigenvalue weighted by Gasteiger charge is 2.47. The molecule has 6 nitrogen and oxygen atoms in total. The molecule has 0 radical (unpaired) electrons. The molecule has 0 aromatic heterocycles. The summed E-state index contributed by atoms with van der Waals surface area (Å²) in [6, 6.07) is 0. The SMILES string of the molecule is CC(C)(C)OC(=O)N1CC[C@H](O)[C@](C)(C(=O)O)C1. The second-order valence-electron chi connectivity index (χ2n) is 5.93. The van der Waals surface area contributed by atoms with Gasteiger partial charge in [0.1, 0.15) is 11.0 Å². The summed E-state index contributed by atoms with van der Waals surface area (Å²) in [5.41, 5.74) is -1.96. The number of carboxylic acids is 1. The van der Waals surface area contributed by atoms with Gasteiger partial charge in [-0.05, 0) is 34.1 Å². The molecule has 18 heavy (non-hydrogen) atoms. The van der Waals surface area contributed by atoms with Gasteiger partial charge in [0, 0.05) is 13.1 Å². The molecule has 0 bridgehead atoms. The van der Waals surface area contributed by atoms with Crippen molar-refractivity contribution >= 4 is 12.1 Å². The van der Waals surface area contributed by atoms with E-state index >= 15 is 0 Å². The maximum Gasteiger partial charge on any atom is 0.410 e. The number of nitrogens with zero attached hydrogens (tertiary/aromatic N) is 1. The lowest BCUT2D eigenvalue weighted by Gasteiger charge is -2.41. The molecular formula is C12H21NO5. The summed E-state index contributed by atoms with van der Waals surface area (Å²) in [4.78, 5) is 24.4. The van der Waals surface area contributed by atoms with E-state index in [2.05, 4.69) is 0 Å². The summed E-state index contributed by atoms with van der Waals surface area (Å²) in [5.74, 6) is -1.11. The number of aliphatic hydroxyl groups excluding tert-OH is 1. The molecule has 0 aromatic rings. The van der Waals surface area contributed by atoms with Crippen molar-refractivity contribution in [3.8, 4) is 0 Å². The largest absolute Gasteiger partial charge is 0.481 e. The quantitative estimate of drug-likeness (QED) is 0.735. The van der Waals surface area contributed by atoms with E-state index in [1.165, 1.54) is 11.8 Å². The molecule has 2 N–H and O–H groups in total. The average Bonchev–Trinajstić information content (AvgIpc) is 2.19. The van der Waals surface area contributed by atoms with Crippen molar-refractivity contribution in [2.75, 3.05) is 13.1 Å². The number of amides is 1. The molecule has 6 heteroatoms. The van der Waals surface area contributed by atoms with Crippen LogP contribution in [-0.4, -0.2) is 52.0 Å². The van der Waals surface area contributed by atoms with E-state index in [4.69, 9.17) is 9.84 Å². The van der Waals surface area contributed by atoms with Gasteiger partial charge in [0.15, 0.2) is 0 Å². The summed E-state index contributed by atoms with van der Waals surface area (Å²) in [5, 5.41) is 18.9. The number of hydrogen-bond acceptors (Lipinski definition) is 4. The molecule has 0 spiro atoms. The molecular weight excluding hydrogens is 238 g/mol. The van der Waals surface area contributed by atoms with Gasteiger partial charge in [-0.3, -0.25) is 4.79 Å². The smallest absolute Gasteiger partial charge is 0.410 e. The molecule has 0 saturated carbocycles. The number of carbonyl (C=O) groups excluding carboxylic acids is 1. The third kappa shape index (κ3) is 3.13. The van der Waals surface area contributed by atoms with Gasteiger partial charge in [0.2, 0.25) is 0 Å². The van der Waals surface area contributed by atoms with E-state index in [0.29, 0.717) is 6.54 Å².